The van der Waals surface area contributed by atoms with Gasteiger partial charge in [-0.25, -0.2) is 4.68 Å². The molecule has 0 unspecified atom stereocenters. The number of nitrogens with zero attached hydrogens (tertiary/aromatic N) is 4. The molecule has 0 radical (unpaired) electrons. The molecule has 1 aromatic carbocycles. The molecule has 1 fully saturated rings. The first kappa shape index (κ1) is 18.5. The summed E-state index contributed by atoms with van der Waals surface area (Å²) >= 11 is 6.06. The molecule has 0 saturated carbocycles. The van der Waals surface area contributed by atoms with Crippen LogP contribution in [-0.2, 0) is 12.8 Å². The van der Waals surface area contributed by atoms with Gasteiger partial charge in [-0.1, -0.05) is 18.0 Å². The molecule has 2 aliphatic rings. The summed E-state index contributed by atoms with van der Waals surface area (Å²) in [4.78, 5) is 17.6. The summed E-state index contributed by atoms with van der Waals surface area (Å²) in [7, 11) is 2.12. The number of likely N-dealkylation sites (N-methyl/N-ethyl adjacent to an activating group) is 1. The lowest BCUT2D eigenvalue weighted by Gasteiger charge is -2.20. The van der Waals surface area contributed by atoms with Crippen molar-refractivity contribution in [3.63, 3.8) is 0 Å². The van der Waals surface area contributed by atoms with E-state index in [-0.39, 0.29) is 5.91 Å². The zero-order valence-corrected chi connectivity index (χ0v) is 16.7. The fourth-order valence-corrected chi connectivity index (χ4v) is 4.27. The van der Waals surface area contributed by atoms with Crippen molar-refractivity contribution >= 4 is 17.5 Å². The molecule has 0 spiro atoms. The minimum Gasteiger partial charge on any atom is -0.336 e. The number of hydrogen-bond acceptors (Lipinski definition) is 3. The zero-order chi connectivity index (χ0) is 18.8. The van der Waals surface area contributed by atoms with Gasteiger partial charge in [0.2, 0.25) is 0 Å². The zero-order valence-electron chi connectivity index (χ0n) is 16.0. The highest BCUT2D eigenvalue weighted by molar-refractivity contribution is 6.30. The van der Waals surface area contributed by atoms with Crippen LogP contribution >= 0.6 is 11.6 Å². The smallest absolute Gasteiger partial charge is 0.274 e. The second kappa shape index (κ2) is 8.03. The Morgan fingerprint density at radius 2 is 1.74 bits per heavy atom. The van der Waals surface area contributed by atoms with Crippen LogP contribution in [0, 0.1) is 0 Å². The van der Waals surface area contributed by atoms with Crippen molar-refractivity contribution in [1.82, 2.24) is 19.6 Å². The van der Waals surface area contributed by atoms with Crippen molar-refractivity contribution in [3.8, 4) is 5.69 Å². The second-order valence-corrected chi connectivity index (χ2v) is 8.11. The third-order valence-electron chi connectivity index (χ3n) is 5.71. The van der Waals surface area contributed by atoms with E-state index in [0.717, 1.165) is 69.5 Å². The van der Waals surface area contributed by atoms with Crippen LogP contribution < -0.4 is 0 Å². The molecule has 0 N–H and O–H groups in total. The number of halogens is 1. The molecule has 4 rings (SSSR count). The van der Waals surface area contributed by atoms with Crippen LogP contribution in [0.4, 0.5) is 0 Å². The molecule has 5 nitrogen and oxygen atoms in total. The van der Waals surface area contributed by atoms with Gasteiger partial charge in [-0.2, -0.15) is 5.10 Å². The van der Waals surface area contributed by atoms with Crippen LogP contribution in [0.15, 0.2) is 24.3 Å². The molecule has 1 aliphatic carbocycles. The van der Waals surface area contributed by atoms with Gasteiger partial charge in [0.15, 0.2) is 5.69 Å². The maximum atomic E-state index is 13.4. The Morgan fingerprint density at radius 3 is 2.56 bits per heavy atom. The van der Waals surface area contributed by atoms with E-state index in [4.69, 9.17) is 16.7 Å². The molecule has 0 bridgehead atoms. The molecule has 1 aliphatic heterocycles. The minimum atomic E-state index is 0.0937. The first-order valence-corrected chi connectivity index (χ1v) is 10.4. The lowest BCUT2D eigenvalue weighted by atomic mass is 10.1. The molecule has 2 heterocycles. The maximum absolute atomic E-state index is 13.4. The van der Waals surface area contributed by atoms with Gasteiger partial charge in [-0.05, 0) is 70.0 Å². The van der Waals surface area contributed by atoms with E-state index in [1.165, 1.54) is 12.1 Å². The molecular weight excluding hydrogens is 360 g/mol. The van der Waals surface area contributed by atoms with Gasteiger partial charge in [-0.15, -0.1) is 0 Å². The molecular formula is C21H27ClN4O. The predicted molar refractivity (Wildman–Crippen MR) is 108 cm³/mol. The number of fused-ring (bicyclic) bond motifs is 1. The Morgan fingerprint density at radius 1 is 0.963 bits per heavy atom. The number of carbonyl (C=O) groups excluding carboxylic acids is 1. The van der Waals surface area contributed by atoms with E-state index in [0.29, 0.717) is 10.7 Å². The van der Waals surface area contributed by atoms with Crippen LogP contribution in [-0.4, -0.2) is 58.7 Å². The molecule has 6 heteroatoms. The summed E-state index contributed by atoms with van der Waals surface area (Å²) in [6.07, 6.45) is 6.41. The van der Waals surface area contributed by atoms with Crippen LogP contribution in [0.1, 0.15) is 47.4 Å². The molecule has 1 amide bonds. The number of amides is 1. The van der Waals surface area contributed by atoms with Crippen molar-refractivity contribution in [2.45, 2.75) is 38.5 Å². The van der Waals surface area contributed by atoms with Crippen LogP contribution in [0.25, 0.3) is 5.69 Å². The van der Waals surface area contributed by atoms with E-state index >= 15 is 0 Å². The fraction of sp³-hybridized carbons (Fsp3) is 0.524. The number of hydrogen-bond donors (Lipinski definition) is 0. The molecule has 27 heavy (non-hydrogen) atoms. The first-order chi connectivity index (χ1) is 13.1. The number of rotatable bonds is 2. The van der Waals surface area contributed by atoms with Crippen molar-refractivity contribution in [3.05, 3.63) is 46.2 Å². The molecule has 1 saturated heterocycles. The van der Waals surface area contributed by atoms with E-state index in [1.807, 2.05) is 33.8 Å². The van der Waals surface area contributed by atoms with Gasteiger partial charge in [0.25, 0.3) is 5.91 Å². The quantitative estimate of drug-likeness (QED) is 0.741. The third-order valence-corrected chi connectivity index (χ3v) is 5.96. The molecule has 2 aromatic rings. The predicted octanol–water partition coefficient (Wildman–Crippen LogP) is 3.57. The topological polar surface area (TPSA) is 41.4 Å². The van der Waals surface area contributed by atoms with E-state index in [9.17, 15) is 4.79 Å². The van der Waals surface area contributed by atoms with Crippen molar-refractivity contribution in [2.24, 2.45) is 0 Å². The average Bonchev–Trinajstić information content (AvgIpc) is 2.84. The van der Waals surface area contributed by atoms with E-state index in [2.05, 4.69) is 11.9 Å². The van der Waals surface area contributed by atoms with Gasteiger partial charge < -0.3 is 9.80 Å². The lowest BCUT2D eigenvalue weighted by Crippen LogP contribution is -2.35. The fourth-order valence-electron chi connectivity index (χ4n) is 4.14. The first-order valence-electron chi connectivity index (χ1n) is 9.98. The van der Waals surface area contributed by atoms with E-state index in [1.54, 1.807) is 0 Å². The van der Waals surface area contributed by atoms with Crippen LogP contribution in [0.2, 0.25) is 5.02 Å². The minimum absolute atomic E-state index is 0.0937. The summed E-state index contributed by atoms with van der Waals surface area (Å²) in [5.74, 6) is 0.0937. The molecule has 144 valence electrons. The largest absolute Gasteiger partial charge is 0.336 e. The van der Waals surface area contributed by atoms with Gasteiger partial charge in [-0.3, -0.25) is 4.79 Å². The Bertz CT molecular complexity index is 814. The van der Waals surface area contributed by atoms with Crippen LogP contribution in [0.3, 0.4) is 0 Å². The average molecular weight is 387 g/mol. The highest BCUT2D eigenvalue weighted by Gasteiger charge is 2.28. The van der Waals surface area contributed by atoms with Gasteiger partial charge in [0, 0.05) is 35.9 Å². The Hall–Kier alpha value is -1.85. The van der Waals surface area contributed by atoms with Crippen molar-refractivity contribution in [1.29, 1.82) is 0 Å². The molecule has 1 aromatic heterocycles. The van der Waals surface area contributed by atoms with Gasteiger partial charge >= 0.3 is 0 Å². The van der Waals surface area contributed by atoms with E-state index < -0.39 is 0 Å². The number of aromatic nitrogens is 2. The normalized spacial score (nSPS) is 18.7. The number of carbonyl (C=O) groups is 1. The van der Waals surface area contributed by atoms with Crippen molar-refractivity contribution in [2.75, 3.05) is 33.2 Å². The Balaban J connectivity index is 1.72. The Labute approximate surface area is 165 Å². The van der Waals surface area contributed by atoms with Gasteiger partial charge in [0.1, 0.15) is 0 Å². The van der Waals surface area contributed by atoms with Crippen molar-refractivity contribution < 1.29 is 4.79 Å². The highest BCUT2D eigenvalue weighted by Crippen LogP contribution is 2.28. The van der Waals surface area contributed by atoms with Crippen LogP contribution in [0.5, 0.6) is 0 Å². The summed E-state index contributed by atoms with van der Waals surface area (Å²) in [5, 5.41) is 5.54. The monoisotopic (exact) mass is 386 g/mol. The standard InChI is InChI=1S/C21H27ClN4O/c1-24-12-5-13-25(15-14-24)21(27)20-18-6-3-2-4-7-19(18)26(23-20)17-10-8-16(22)9-11-17/h8-11H,2-7,12-15H2,1H3. The van der Waals surface area contributed by atoms with Gasteiger partial charge in [0.05, 0.1) is 5.69 Å². The maximum Gasteiger partial charge on any atom is 0.274 e. The summed E-state index contributed by atoms with van der Waals surface area (Å²) in [5.41, 5.74) is 3.99. The molecule has 0 atom stereocenters. The Kier molecular flexibility index (Phi) is 5.50. The summed E-state index contributed by atoms with van der Waals surface area (Å²) < 4.78 is 1.98. The number of benzene rings is 1. The lowest BCUT2D eigenvalue weighted by molar-refractivity contribution is 0.0755. The third kappa shape index (κ3) is 3.90. The highest BCUT2D eigenvalue weighted by atomic mass is 35.5. The summed E-state index contributed by atoms with van der Waals surface area (Å²) in [6.45, 7) is 3.55. The second-order valence-electron chi connectivity index (χ2n) is 7.67. The summed E-state index contributed by atoms with van der Waals surface area (Å²) in [6, 6.07) is 7.73. The SMILES string of the molecule is CN1CCCN(C(=O)c2nn(-c3ccc(Cl)cc3)c3c2CCCCC3)CC1.